The van der Waals surface area contributed by atoms with Gasteiger partial charge < -0.3 is 20.1 Å². The Morgan fingerprint density at radius 3 is 2.21 bits per heavy atom. The van der Waals surface area contributed by atoms with Gasteiger partial charge in [-0.05, 0) is 55.5 Å². The van der Waals surface area contributed by atoms with Crippen molar-refractivity contribution in [1.29, 1.82) is 0 Å². The number of ether oxygens (including phenoxy) is 2. The fraction of sp³-hybridized carbons (Fsp3) is 0.130. The van der Waals surface area contributed by atoms with Crippen molar-refractivity contribution in [3.8, 4) is 17.2 Å². The van der Waals surface area contributed by atoms with Crippen LogP contribution < -0.4 is 20.1 Å². The highest BCUT2D eigenvalue weighted by Gasteiger charge is 2.11. The topological polar surface area (TPSA) is 76.7 Å². The van der Waals surface area contributed by atoms with E-state index in [4.69, 9.17) is 9.47 Å². The molecule has 6 heteroatoms. The minimum atomic E-state index is -0.355. The van der Waals surface area contributed by atoms with Crippen LogP contribution in [0.1, 0.15) is 15.9 Å². The summed E-state index contributed by atoms with van der Waals surface area (Å²) in [5.74, 6) is 1.15. The molecule has 0 bridgehead atoms. The second-order valence-electron chi connectivity index (χ2n) is 6.37. The molecular formula is C23H22N2O4. The van der Waals surface area contributed by atoms with Gasteiger partial charge in [-0.25, -0.2) is 0 Å². The summed E-state index contributed by atoms with van der Waals surface area (Å²) in [6.45, 7) is 1.84. The van der Waals surface area contributed by atoms with Crippen LogP contribution in [0.2, 0.25) is 0 Å². The SMILES string of the molecule is COc1ccc(C(=O)NCC(=O)Nc2ccccc2Oc2ccc(C)cc2)cc1. The lowest BCUT2D eigenvalue weighted by Crippen LogP contribution is -2.32. The third kappa shape index (κ3) is 5.59. The monoisotopic (exact) mass is 390 g/mol. The van der Waals surface area contributed by atoms with Gasteiger partial charge in [0.25, 0.3) is 5.91 Å². The van der Waals surface area contributed by atoms with Gasteiger partial charge in [-0.1, -0.05) is 29.8 Å². The fourth-order valence-electron chi connectivity index (χ4n) is 2.59. The fourth-order valence-corrected chi connectivity index (χ4v) is 2.59. The van der Waals surface area contributed by atoms with Crippen LogP contribution in [0.15, 0.2) is 72.8 Å². The third-order valence-corrected chi connectivity index (χ3v) is 4.17. The zero-order chi connectivity index (χ0) is 20.6. The van der Waals surface area contributed by atoms with Crippen LogP contribution in [0.5, 0.6) is 17.2 Å². The maximum Gasteiger partial charge on any atom is 0.251 e. The van der Waals surface area contributed by atoms with Gasteiger partial charge in [0, 0.05) is 5.56 Å². The summed E-state index contributed by atoms with van der Waals surface area (Å²) in [5.41, 5.74) is 2.10. The second kappa shape index (κ2) is 9.41. The van der Waals surface area contributed by atoms with Crippen molar-refractivity contribution in [2.24, 2.45) is 0 Å². The number of hydrogen-bond donors (Lipinski definition) is 2. The van der Waals surface area contributed by atoms with E-state index in [1.807, 2.05) is 37.3 Å². The zero-order valence-electron chi connectivity index (χ0n) is 16.3. The van der Waals surface area contributed by atoms with Crippen LogP contribution in [-0.2, 0) is 4.79 Å². The molecule has 0 fully saturated rings. The number of rotatable bonds is 7. The first-order valence-electron chi connectivity index (χ1n) is 9.11. The summed E-state index contributed by atoms with van der Waals surface area (Å²) in [7, 11) is 1.56. The number of aryl methyl sites for hydroxylation is 1. The van der Waals surface area contributed by atoms with Crippen LogP contribution >= 0.6 is 0 Å². The molecule has 148 valence electrons. The molecule has 3 rings (SSSR count). The lowest BCUT2D eigenvalue weighted by Gasteiger charge is -2.13. The first-order chi connectivity index (χ1) is 14.0. The van der Waals surface area contributed by atoms with Gasteiger partial charge in [-0.2, -0.15) is 0 Å². The predicted octanol–water partition coefficient (Wildman–Crippen LogP) is 4.16. The van der Waals surface area contributed by atoms with Gasteiger partial charge >= 0.3 is 0 Å². The summed E-state index contributed by atoms with van der Waals surface area (Å²) in [4.78, 5) is 24.5. The minimum Gasteiger partial charge on any atom is -0.497 e. The number of para-hydroxylation sites is 2. The van der Waals surface area contributed by atoms with Crippen LogP contribution in [0.3, 0.4) is 0 Å². The van der Waals surface area contributed by atoms with Gasteiger partial charge in [0.2, 0.25) is 5.91 Å². The first kappa shape index (κ1) is 19.9. The Kier molecular flexibility index (Phi) is 6.47. The van der Waals surface area contributed by atoms with E-state index in [1.165, 1.54) is 0 Å². The average molecular weight is 390 g/mol. The number of methoxy groups -OCH3 is 1. The Bertz CT molecular complexity index is 983. The Morgan fingerprint density at radius 1 is 0.862 bits per heavy atom. The van der Waals surface area contributed by atoms with Crippen molar-refractivity contribution in [2.75, 3.05) is 19.0 Å². The third-order valence-electron chi connectivity index (χ3n) is 4.17. The van der Waals surface area contributed by atoms with Crippen LogP contribution in [0, 0.1) is 6.92 Å². The van der Waals surface area contributed by atoms with Gasteiger partial charge in [0.05, 0.1) is 19.3 Å². The van der Waals surface area contributed by atoms with Crippen LogP contribution in [0.4, 0.5) is 5.69 Å². The van der Waals surface area contributed by atoms with Gasteiger partial charge in [0.1, 0.15) is 11.5 Å². The number of carbonyl (C=O) groups excluding carboxylic acids is 2. The molecule has 0 aliphatic carbocycles. The van der Waals surface area contributed by atoms with Crippen LogP contribution in [-0.4, -0.2) is 25.5 Å². The molecule has 0 spiro atoms. The molecular weight excluding hydrogens is 368 g/mol. The minimum absolute atomic E-state index is 0.163. The van der Waals surface area contributed by atoms with Gasteiger partial charge in [-0.15, -0.1) is 0 Å². The standard InChI is InChI=1S/C23H22N2O4/c1-16-7-11-19(12-8-16)29-21-6-4-3-5-20(21)25-22(26)15-24-23(27)17-9-13-18(28-2)14-10-17/h3-14H,15H2,1-2H3,(H,24,27)(H,25,26). The Labute approximate surface area is 169 Å². The molecule has 0 saturated heterocycles. The molecule has 6 nitrogen and oxygen atoms in total. The maximum absolute atomic E-state index is 12.3. The number of amides is 2. The number of benzene rings is 3. The number of anilines is 1. The normalized spacial score (nSPS) is 10.1. The quantitative estimate of drug-likeness (QED) is 0.635. The molecule has 3 aromatic rings. The summed E-state index contributed by atoms with van der Waals surface area (Å²) >= 11 is 0. The van der Waals surface area contributed by atoms with E-state index in [-0.39, 0.29) is 18.4 Å². The first-order valence-corrected chi connectivity index (χ1v) is 9.11. The van der Waals surface area contributed by atoms with Gasteiger partial charge in [-0.3, -0.25) is 9.59 Å². The largest absolute Gasteiger partial charge is 0.497 e. The molecule has 0 unspecified atom stereocenters. The van der Waals surface area contributed by atoms with Crippen molar-refractivity contribution in [3.63, 3.8) is 0 Å². The highest BCUT2D eigenvalue weighted by atomic mass is 16.5. The van der Waals surface area contributed by atoms with E-state index in [2.05, 4.69) is 10.6 Å². The maximum atomic E-state index is 12.3. The summed E-state index contributed by atoms with van der Waals surface area (Å²) < 4.78 is 10.9. The van der Waals surface area contributed by atoms with E-state index in [0.29, 0.717) is 28.5 Å². The molecule has 0 heterocycles. The summed E-state index contributed by atoms with van der Waals surface area (Å²) in [6.07, 6.45) is 0. The van der Waals surface area contributed by atoms with Gasteiger partial charge in [0.15, 0.2) is 5.75 Å². The summed E-state index contributed by atoms with van der Waals surface area (Å²) in [5, 5.41) is 5.37. The number of carbonyl (C=O) groups is 2. The smallest absolute Gasteiger partial charge is 0.251 e. The molecule has 0 aliphatic heterocycles. The Hall–Kier alpha value is -3.80. The molecule has 0 radical (unpaired) electrons. The molecule has 0 aliphatic rings. The van der Waals surface area contributed by atoms with Crippen molar-refractivity contribution in [2.45, 2.75) is 6.92 Å². The molecule has 29 heavy (non-hydrogen) atoms. The predicted molar refractivity (Wildman–Crippen MR) is 112 cm³/mol. The molecule has 2 amide bonds. The Balaban J connectivity index is 1.58. The molecule has 3 aromatic carbocycles. The molecule has 0 aromatic heterocycles. The van der Waals surface area contributed by atoms with E-state index < -0.39 is 0 Å². The average Bonchev–Trinajstić information content (AvgIpc) is 2.75. The highest BCUT2D eigenvalue weighted by Crippen LogP contribution is 2.29. The summed E-state index contributed by atoms with van der Waals surface area (Å²) in [6, 6.07) is 21.4. The van der Waals surface area contributed by atoms with E-state index >= 15 is 0 Å². The Morgan fingerprint density at radius 2 is 1.52 bits per heavy atom. The lowest BCUT2D eigenvalue weighted by molar-refractivity contribution is -0.115. The number of nitrogens with one attached hydrogen (secondary N) is 2. The van der Waals surface area contributed by atoms with Crippen LogP contribution in [0.25, 0.3) is 0 Å². The van der Waals surface area contributed by atoms with E-state index in [9.17, 15) is 9.59 Å². The van der Waals surface area contributed by atoms with Crippen molar-refractivity contribution >= 4 is 17.5 Å². The number of hydrogen-bond acceptors (Lipinski definition) is 4. The molecule has 0 atom stereocenters. The van der Waals surface area contributed by atoms with E-state index in [1.54, 1.807) is 49.6 Å². The second-order valence-corrected chi connectivity index (χ2v) is 6.37. The highest BCUT2D eigenvalue weighted by molar-refractivity contribution is 5.99. The van der Waals surface area contributed by atoms with Crippen molar-refractivity contribution < 1.29 is 19.1 Å². The van der Waals surface area contributed by atoms with E-state index in [0.717, 1.165) is 5.56 Å². The van der Waals surface area contributed by atoms with Crippen molar-refractivity contribution in [1.82, 2.24) is 5.32 Å². The molecule has 0 saturated carbocycles. The lowest BCUT2D eigenvalue weighted by atomic mass is 10.2. The zero-order valence-corrected chi connectivity index (χ0v) is 16.3. The molecule has 2 N–H and O–H groups in total. The van der Waals surface area contributed by atoms with Crippen molar-refractivity contribution in [3.05, 3.63) is 83.9 Å².